The third-order valence-electron chi connectivity index (χ3n) is 13.8. The fourth-order valence-corrected chi connectivity index (χ4v) is 9.83. The van der Waals surface area contributed by atoms with Gasteiger partial charge in [-0.1, -0.05) is 83.3 Å². The number of carbonyl (C=O) groups excluding carboxylic acids is 3. The zero-order chi connectivity index (χ0) is 61.7. The van der Waals surface area contributed by atoms with Gasteiger partial charge >= 0.3 is 0 Å². The molecule has 0 radical (unpaired) electrons. The number of para-hydroxylation sites is 3. The van der Waals surface area contributed by atoms with Crippen LogP contribution in [0.3, 0.4) is 0 Å². The van der Waals surface area contributed by atoms with E-state index >= 15 is 0 Å². The maximum absolute atomic E-state index is 14.1. The fraction of sp³-hybridized carbons (Fsp3) is 0.118. The molecule has 0 fully saturated rings. The standard InChI is InChI=1S/C23H18ClFN2O4.C23H19ClN2O3.C22H17ClN2O3/c1-29-15-9-17-18(11-27-23(17)26-10-15)21(28)16-4-3-5-20(22(16)30-2)31-12-13-6-7-14(24)8-19(13)25;1-2-28-22-18(21(27)19-13-26-23-17(19)6-4-12-25-23)5-3-7-20(22)29-14-15-8-10-16(24)11-9-15;1-27-21-17(20(26)18-12-25-22-16(18)5-3-11-24-22)4-2-6-19(21)28-13-14-7-9-15(23)10-8-14/h3-11H,12H2,1-2H3,(H,26,27);3-13H,2,14H2,1H3,(H,25,26);2-12H,13H2,1H3,(H,24,25). The lowest BCUT2D eigenvalue weighted by atomic mass is 10.0. The van der Waals surface area contributed by atoms with Gasteiger partial charge in [0.25, 0.3) is 0 Å². The maximum Gasteiger partial charge on any atom is 0.199 e. The lowest BCUT2D eigenvalue weighted by Crippen LogP contribution is -2.07. The van der Waals surface area contributed by atoms with Crippen molar-refractivity contribution in [2.45, 2.75) is 26.7 Å². The molecular weight excluding hydrogens is 1190 g/mol. The minimum atomic E-state index is -0.473. The number of ketones is 3. The normalized spacial score (nSPS) is 10.8. The van der Waals surface area contributed by atoms with Crippen molar-refractivity contribution in [2.75, 3.05) is 27.9 Å². The zero-order valence-electron chi connectivity index (χ0n) is 47.7. The highest BCUT2D eigenvalue weighted by molar-refractivity contribution is 6.31. The number of rotatable bonds is 20. The minimum Gasteiger partial charge on any atom is -0.495 e. The average Bonchev–Trinajstić information content (AvgIpc) is 4.45. The Balaban J connectivity index is 0.000000146. The summed E-state index contributed by atoms with van der Waals surface area (Å²) in [6.07, 6.45) is 9.87. The second-order valence-electron chi connectivity index (χ2n) is 19.3. The van der Waals surface area contributed by atoms with Gasteiger partial charge in [-0.15, -0.1) is 0 Å². The Labute approximate surface area is 519 Å². The SMILES string of the molecule is CCOc1c(OCc2ccc(Cl)cc2)cccc1C(=O)c1c[nH]c2ncccc12.COc1c(OCc2ccc(Cl)cc2)cccc1C(=O)c1c[nH]c2ncccc12.COc1cnc2[nH]cc(C(=O)c3cccc(OCc4ccc(Cl)cc4F)c3OC)c2c1. The van der Waals surface area contributed by atoms with Crippen LogP contribution >= 0.6 is 34.8 Å². The van der Waals surface area contributed by atoms with Crippen LogP contribution in [0.4, 0.5) is 4.39 Å². The smallest absolute Gasteiger partial charge is 0.199 e. The van der Waals surface area contributed by atoms with Crippen molar-refractivity contribution in [3.8, 4) is 40.2 Å². The lowest BCUT2D eigenvalue weighted by molar-refractivity contribution is 0.102. The summed E-state index contributed by atoms with van der Waals surface area (Å²) in [6.45, 7) is 2.91. The van der Waals surface area contributed by atoms with E-state index in [2.05, 4.69) is 29.9 Å². The average molecular weight is 1240 g/mol. The van der Waals surface area contributed by atoms with E-state index in [1.54, 1.807) is 116 Å². The van der Waals surface area contributed by atoms with Crippen LogP contribution in [0.25, 0.3) is 33.1 Å². The van der Waals surface area contributed by atoms with E-state index in [1.165, 1.54) is 27.4 Å². The molecule has 12 rings (SSSR count). The van der Waals surface area contributed by atoms with Gasteiger partial charge in [0.15, 0.2) is 51.8 Å². The first-order chi connectivity index (χ1) is 42.8. The van der Waals surface area contributed by atoms with Gasteiger partial charge in [-0.25, -0.2) is 19.3 Å². The number of methoxy groups -OCH3 is 3. The van der Waals surface area contributed by atoms with Crippen LogP contribution in [0.15, 0.2) is 189 Å². The first-order valence-corrected chi connectivity index (χ1v) is 28.4. The number of aromatic nitrogens is 6. The second kappa shape index (κ2) is 28.3. The number of pyridine rings is 3. The number of halogens is 4. The van der Waals surface area contributed by atoms with Crippen molar-refractivity contribution in [1.29, 1.82) is 0 Å². The number of nitrogens with one attached hydrogen (secondary N) is 3. The Bertz CT molecular complexity index is 4460. The fourth-order valence-electron chi connectivity index (χ4n) is 9.42. The number of hydrogen-bond acceptors (Lipinski definition) is 13. The first-order valence-electron chi connectivity index (χ1n) is 27.3. The van der Waals surface area contributed by atoms with Crippen LogP contribution < -0.4 is 33.2 Å². The Morgan fingerprint density at radius 3 is 1.33 bits per heavy atom. The molecule has 16 nitrogen and oxygen atoms in total. The molecule has 0 aliphatic carbocycles. The van der Waals surface area contributed by atoms with Crippen molar-refractivity contribution in [3.05, 3.63) is 260 Å². The molecule has 88 heavy (non-hydrogen) atoms. The van der Waals surface area contributed by atoms with Gasteiger partial charge < -0.3 is 48.1 Å². The predicted octanol–water partition coefficient (Wildman–Crippen LogP) is 15.6. The predicted molar refractivity (Wildman–Crippen MR) is 336 cm³/mol. The van der Waals surface area contributed by atoms with Crippen molar-refractivity contribution in [1.82, 2.24) is 29.9 Å². The molecule has 0 aliphatic rings. The quantitative estimate of drug-likeness (QED) is 0.0609. The minimum absolute atomic E-state index is 0.0504. The van der Waals surface area contributed by atoms with Gasteiger partial charge in [-0.3, -0.25) is 14.4 Å². The summed E-state index contributed by atoms with van der Waals surface area (Å²) < 4.78 is 53.7. The molecule has 0 bridgehead atoms. The van der Waals surface area contributed by atoms with Gasteiger partial charge in [0.05, 0.1) is 50.8 Å². The van der Waals surface area contributed by atoms with Crippen molar-refractivity contribution >= 4 is 85.3 Å². The van der Waals surface area contributed by atoms with Crippen LogP contribution in [0.5, 0.6) is 40.2 Å². The Morgan fingerprint density at radius 2 is 0.875 bits per heavy atom. The monoisotopic (exact) mass is 1240 g/mol. The van der Waals surface area contributed by atoms with E-state index < -0.39 is 5.82 Å². The van der Waals surface area contributed by atoms with Crippen LogP contribution in [0.2, 0.25) is 15.1 Å². The second-order valence-corrected chi connectivity index (χ2v) is 20.6. The summed E-state index contributed by atoms with van der Waals surface area (Å²) >= 11 is 17.6. The largest absolute Gasteiger partial charge is 0.495 e. The molecule has 12 aromatic rings. The van der Waals surface area contributed by atoms with Crippen LogP contribution in [0.1, 0.15) is 71.4 Å². The molecular formula is C68H54Cl3FN6O10. The number of carbonyl (C=O) groups is 3. The van der Waals surface area contributed by atoms with E-state index in [9.17, 15) is 18.8 Å². The zero-order valence-corrected chi connectivity index (χ0v) is 49.9. The van der Waals surface area contributed by atoms with Gasteiger partial charge in [0, 0.05) is 84.5 Å². The van der Waals surface area contributed by atoms with E-state index in [0.717, 1.165) is 21.9 Å². The third kappa shape index (κ3) is 13.9. The van der Waals surface area contributed by atoms with Gasteiger partial charge in [-0.2, -0.15) is 0 Å². The molecule has 0 unspecified atom stereocenters. The summed E-state index contributed by atoms with van der Waals surface area (Å²) in [5.41, 5.74) is 6.85. The van der Waals surface area contributed by atoms with E-state index in [1.807, 2.05) is 73.7 Å². The maximum atomic E-state index is 14.1. The molecule has 0 spiro atoms. The Morgan fingerprint density at radius 1 is 0.443 bits per heavy atom. The molecule has 0 aliphatic heterocycles. The topological polar surface area (TPSA) is 202 Å². The number of aromatic amines is 3. The highest BCUT2D eigenvalue weighted by Crippen LogP contribution is 2.38. The highest BCUT2D eigenvalue weighted by atomic mass is 35.5. The van der Waals surface area contributed by atoms with Crippen molar-refractivity contribution in [2.24, 2.45) is 0 Å². The molecule has 0 amide bonds. The van der Waals surface area contributed by atoms with Gasteiger partial charge in [-0.05, 0) is 121 Å². The lowest BCUT2D eigenvalue weighted by Gasteiger charge is -2.15. The van der Waals surface area contributed by atoms with Crippen LogP contribution in [-0.4, -0.2) is 75.2 Å². The van der Waals surface area contributed by atoms with Crippen LogP contribution in [-0.2, 0) is 19.8 Å². The van der Waals surface area contributed by atoms with Crippen molar-refractivity contribution < 1.29 is 51.9 Å². The first kappa shape index (κ1) is 60.9. The molecule has 444 valence electrons. The molecule has 6 aromatic heterocycles. The molecule has 20 heteroatoms. The number of fused-ring (bicyclic) bond motifs is 3. The summed E-state index contributed by atoms with van der Waals surface area (Å²) in [7, 11) is 4.50. The number of hydrogen-bond donors (Lipinski definition) is 3. The number of H-pyrrole nitrogens is 3. The molecule has 0 atom stereocenters. The van der Waals surface area contributed by atoms with E-state index in [0.29, 0.717) is 131 Å². The van der Waals surface area contributed by atoms with Crippen LogP contribution in [0, 0.1) is 5.82 Å². The molecule has 0 saturated carbocycles. The Kier molecular flexibility index (Phi) is 19.6. The number of ether oxygens (including phenoxy) is 7. The number of nitrogens with zero attached hydrogens (tertiary/aromatic N) is 3. The molecule has 3 N–H and O–H groups in total. The number of benzene rings is 6. The Hall–Kier alpha value is -10.2. The molecule has 6 heterocycles. The summed E-state index contributed by atoms with van der Waals surface area (Å²) in [6, 6.07) is 43.9. The van der Waals surface area contributed by atoms with E-state index in [-0.39, 0.29) is 29.7 Å². The molecule has 0 saturated heterocycles. The summed E-state index contributed by atoms with van der Waals surface area (Å²) in [5.74, 6) is 1.91. The third-order valence-corrected chi connectivity index (χ3v) is 14.5. The van der Waals surface area contributed by atoms with Gasteiger partial charge in [0.2, 0.25) is 0 Å². The van der Waals surface area contributed by atoms with Crippen molar-refractivity contribution in [3.63, 3.8) is 0 Å². The highest BCUT2D eigenvalue weighted by Gasteiger charge is 2.25. The molecule has 6 aromatic carbocycles. The van der Waals surface area contributed by atoms with E-state index in [4.69, 9.17) is 68.0 Å². The summed E-state index contributed by atoms with van der Waals surface area (Å²) in [4.78, 5) is 61.6. The van der Waals surface area contributed by atoms with Gasteiger partial charge in [0.1, 0.15) is 48.3 Å². The summed E-state index contributed by atoms with van der Waals surface area (Å²) in [5, 5.41) is 3.80.